The van der Waals surface area contributed by atoms with Crippen molar-refractivity contribution in [3.63, 3.8) is 0 Å². The quantitative estimate of drug-likeness (QED) is 0.208. The summed E-state index contributed by atoms with van der Waals surface area (Å²) in [5, 5.41) is 0. The lowest BCUT2D eigenvalue weighted by Gasteiger charge is -2.05. The summed E-state index contributed by atoms with van der Waals surface area (Å²) < 4.78 is 32.6. The molecule has 0 aliphatic heterocycles. The number of methoxy groups -OCH3 is 2. The monoisotopic (exact) mass is 705 g/mol. The molecule has 5 heteroatoms. The third-order valence-electron chi connectivity index (χ3n) is 3.44. The van der Waals surface area contributed by atoms with E-state index in [0.717, 1.165) is 0 Å². The summed E-state index contributed by atoms with van der Waals surface area (Å²) in [5.41, 5.74) is 0.500. The van der Waals surface area contributed by atoms with Crippen LogP contribution < -0.4 is 0 Å². The fraction of sp³-hybridized carbons (Fsp3) is 0.455. The van der Waals surface area contributed by atoms with Gasteiger partial charge in [-0.1, -0.05) is 214 Å². The van der Waals surface area contributed by atoms with Crippen molar-refractivity contribution < 1.29 is 17.9 Å². The summed E-state index contributed by atoms with van der Waals surface area (Å²) in [7, 11) is 3.16. The molecule has 4 rings (SSSR count). The van der Waals surface area contributed by atoms with Crippen LogP contribution in [0.25, 0.3) is 0 Å². The van der Waals surface area contributed by atoms with Crippen LogP contribution in [0.5, 0.6) is 0 Å². The fourth-order valence-corrected chi connectivity index (χ4v) is 3.41. The minimum Gasteiger partial charge on any atom is -0.388 e. The van der Waals surface area contributed by atoms with Crippen molar-refractivity contribution in [2.45, 2.75) is 114 Å². The van der Waals surface area contributed by atoms with Gasteiger partial charge in [0.15, 0.2) is 0 Å². The van der Waals surface area contributed by atoms with Gasteiger partial charge in [0, 0.05) is 28.4 Å². The first-order valence-electron chi connectivity index (χ1n) is 17.2. The van der Waals surface area contributed by atoms with E-state index < -0.39 is 9.84 Å². The second-order valence-electron chi connectivity index (χ2n) is 9.26. The van der Waals surface area contributed by atoms with Crippen LogP contribution in [-0.4, -0.2) is 36.9 Å². The van der Waals surface area contributed by atoms with E-state index in [1.54, 1.807) is 89.1 Å². The lowest BCUT2D eigenvalue weighted by atomic mass is 10.0. The summed E-state index contributed by atoms with van der Waals surface area (Å²) in [6.07, 6.45) is 0. The van der Waals surface area contributed by atoms with Crippen LogP contribution in [0.2, 0.25) is 0 Å². The number of ether oxygens (including phenoxy) is 2. The normalized spacial score (nSPS) is 7.96. The Hall–Kier alpha value is -3.25. The third-order valence-corrected chi connectivity index (χ3v) is 5.23. The van der Waals surface area contributed by atoms with E-state index in [2.05, 4.69) is 37.2 Å². The van der Waals surface area contributed by atoms with Crippen molar-refractivity contribution in [2.24, 2.45) is 5.41 Å². The van der Waals surface area contributed by atoms with Crippen LogP contribution in [0, 0.1) is 5.41 Å². The molecule has 0 spiro atoms. The second-order valence-corrected chi connectivity index (χ2v) is 11.2. The van der Waals surface area contributed by atoms with E-state index >= 15 is 0 Å². The third kappa shape index (κ3) is 60.6. The molecule has 0 unspecified atom stereocenters. The van der Waals surface area contributed by atoms with Crippen molar-refractivity contribution in [1.29, 1.82) is 0 Å². The smallest absolute Gasteiger partial charge is 0.206 e. The summed E-state index contributed by atoms with van der Waals surface area (Å²) in [4.78, 5) is 0.660. The summed E-state index contributed by atoms with van der Waals surface area (Å²) >= 11 is 0. The highest BCUT2D eigenvalue weighted by Gasteiger charge is 2.15. The molecule has 0 atom stereocenters. The van der Waals surface area contributed by atoms with Gasteiger partial charge in [0.25, 0.3) is 0 Å². The number of rotatable bonds is 2. The largest absolute Gasteiger partial charge is 0.388 e. The van der Waals surface area contributed by atoms with E-state index in [1.807, 2.05) is 142 Å². The molecule has 0 fully saturated rings. The molecule has 0 N–H and O–H groups in total. The molecule has 0 aliphatic rings. The first kappa shape index (κ1) is 64.3. The highest BCUT2D eigenvalue weighted by Crippen LogP contribution is 2.19. The highest BCUT2D eigenvalue weighted by atomic mass is 32.2. The van der Waals surface area contributed by atoms with Crippen LogP contribution in [0.4, 0.5) is 0 Å². The summed E-state index contributed by atoms with van der Waals surface area (Å²) in [6.45, 7) is 28.8. The number of sulfone groups is 1. The highest BCUT2D eigenvalue weighted by molar-refractivity contribution is 7.91. The van der Waals surface area contributed by atoms with Crippen LogP contribution in [0.1, 0.15) is 104 Å². The van der Waals surface area contributed by atoms with E-state index in [0.29, 0.717) is 15.2 Å². The van der Waals surface area contributed by atoms with E-state index in [4.69, 9.17) is 0 Å². The van der Waals surface area contributed by atoms with Crippen LogP contribution in [-0.2, 0) is 19.3 Å². The van der Waals surface area contributed by atoms with E-state index in [-0.39, 0.29) is 7.43 Å². The average Bonchev–Trinajstić information content (AvgIpc) is 3.15. The Kier molecular flexibility index (Phi) is 74.8. The van der Waals surface area contributed by atoms with Gasteiger partial charge in [-0.25, -0.2) is 8.42 Å². The van der Waals surface area contributed by atoms with Crippen molar-refractivity contribution in [3.8, 4) is 0 Å². The zero-order valence-corrected chi connectivity index (χ0v) is 35.1. The lowest BCUT2D eigenvalue weighted by molar-refractivity contribution is 0.277. The average molecular weight is 705 g/mol. The maximum absolute atomic E-state index is 12.0. The first-order chi connectivity index (χ1) is 23.0. The minimum atomic E-state index is -3.34. The van der Waals surface area contributed by atoms with Crippen LogP contribution in [0.3, 0.4) is 0 Å². The van der Waals surface area contributed by atoms with Gasteiger partial charge in [-0.3, -0.25) is 0 Å². The van der Waals surface area contributed by atoms with Gasteiger partial charge in [-0.2, -0.15) is 0 Å². The SMILES string of the molecule is C.CC.CC.CC.CC.CC.CC(C)(C)C.COC.COC.O=S(=O)(c1ccccc1)c1ccccc1.c1ccccc1.c1ccccc1. The maximum Gasteiger partial charge on any atom is 0.206 e. The molecule has 4 aromatic rings. The molecule has 49 heavy (non-hydrogen) atoms. The molecule has 0 bridgehead atoms. The first-order valence-corrected chi connectivity index (χ1v) is 18.7. The van der Waals surface area contributed by atoms with Gasteiger partial charge in [-0.05, 0) is 29.7 Å². The number of benzene rings is 4. The molecule has 286 valence electrons. The Balaban J connectivity index is -0.0000000707. The second kappa shape index (κ2) is 57.0. The number of hydrogen-bond donors (Lipinski definition) is 0. The van der Waals surface area contributed by atoms with Gasteiger partial charge in [-0.15, -0.1) is 0 Å². The molecule has 4 nitrogen and oxygen atoms in total. The topological polar surface area (TPSA) is 52.6 Å². The Morgan fingerprint density at radius 3 is 0.592 bits per heavy atom. The van der Waals surface area contributed by atoms with Gasteiger partial charge in [0.05, 0.1) is 9.79 Å². The standard InChI is InChI=1S/C12H10O2S.2C6H6.C5H12.2C2H6O.5C2H6.CH4/c13-15(14,11-7-3-1-4-8-11)12-9-5-2-6-10-12;2*1-2-4-6-5-3-1;1-5(2,3)4;2*1-3-2;5*1-2;/h1-10H;2*1-6H;1-4H3;2*1-2H3;5*1-2H3;1H4. The van der Waals surface area contributed by atoms with Gasteiger partial charge >= 0.3 is 0 Å². The predicted molar refractivity (Wildman–Crippen MR) is 226 cm³/mol. The van der Waals surface area contributed by atoms with Crippen molar-refractivity contribution in [3.05, 3.63) is 133 Å². The van der Waals surface area contributed by atoms with Crippen molar-refractivity contribution in [2.75, 3.05) is 28.4 Å². The van der Waals surface area contributed by atoms with E-state index in [1.165, 1.54) is 0 Å². The maximum atomic E-state index is 12.0. The van der Waals surface area contributed by atoms with Crippen molar-refractivity contribution in [1.82, 2.24) is 0 Å². The molecule has 0 aliphatic carbocycles. The Labute approximate surface area is 308 Å². The van der Waals surface area contributed by atoms with Crippen molar-refractivity contribution >= 4 is 9.84 Å². The molecule has 0 saturated heterocycles. The molecular weight excluding hydrogens is 625 g/mol. The number of hydrogen-bond acceptors (Lipinski definition) is 4. The Morgan fingerprint density at radius 2 is 0.469 bits per heavy atom. The minimum absolute atomic E-state index is 0. The van der Waals surface area contributed by atoms with Crippen LogP contribution in [0.15, 0.2) is 143 Å². The summed E-state index contributed by atoms with van der Waals surface area (Å²) in [6, 6.07) is 40.9. The summed E-state index contributed by atoms with van der Waals surface area (Å²) in [5.74, 6) is 0. The Bertz CT molecular complexity index is 943. The zero-order valence-electron chi connectivity index (χ0n) is 34.2. The molecular formula is C44H80O4S. The zero-order chi connectivity index (χ0) is 39.1. The molecule has 0 aromatic heterocycles. The molecule has 4 aromatic carbocycles. The van der Waals surface area contributed by atoms with Gasteiger partial charge in [0.2, 0.25) is 9.84 Å². The Morgan fingerprint density at radius 1 is 0.367 bits per heavy atom. The van der Waals surface area contributed by atoms with E-state index in [9.17, 15) is 8.42 Å². The molecule has 0 heterocycles. The van der Waals surface area contributed by atoms with Gasteiger partial charge < -0.3 is 9.47 Å². The molecule has 0 radical (unpaired) electrons. The predicted octanol–water partition coefficient (Wildman–Crippen LogP) is 14.2. The van der Waals surface area contributed by atoms with Gasteiger partial charge in [0.1, 0.15) is 0 Å². The fourth-order valence-electron chi connectivity index (χ4n) is 2.11. The molecule has 0 saturated carbocycles. The van der Waals surface area contributed by atoms with Crippen LogP contribution >= 0.6 is 0 Å². The lowest BCUT2D eigenvalue weighted by Crippen LogP contribution is -2.00. The molecule has 0 amide bonds.